The minimum absolute atomic E-state index is 0.0121. The molecule has 0 radical (unpaired) electrons. The van der Waals surface area contributed by atoms with Crippen molar-refractivity contribution in [1.82, 2.24) is 30.2 Å². The Morgan fingerprint density at radius 3 is 2.36 bits per heavy atom. The second-order valence-electron chi connectivity index (χ2n) is 12.0. The summed E-state index contributed by atoms with van der Waals surface area (Å²) in [4.78, 5) is 86.5. The lowest BCUT2D eigenvalue weighted by Crippen LogP contribution is -2.46. The molecule has 0 bridgehead atoms. The summed E-state index contributed by atoms with van der Waals surface area (Å²) in [6.45, 7) is -0.0577. The molecule has 2 aromatic heterocycles. The smallest absolute Gasteiger partial charge is 0.386 e. The van der Waals surface area contributed by atoms with Crippen molar-refractivity contribution in [3.63, 3.8) is 0 Å². The number of fused-ring (bicyclic) bond motifs is 1. The zero-order valence-corrected chi connectivity index (χ0v) is 32.8. The lowest BCUT2D eigenvalue weighted by molar-refractivity contribution is -0.137. The Labute approximate surface area is 314 Å². The Bertz CT molecular complexity index is 1960. The normalized spacial score (nSPS) is 22.1. The van der Waals surface area contributed by atoms with E-state index in [-0.39, 0.29) is 42.2 Å². The van der Waals surface area contributed by atoms with Gasteiger partial charge < -0.3 is 50.9 Å². The van der Waals surface area contributed by atoms with Crippen molar-refractivity contribution in [3.8, 4) is 0 Å². The Hall–Kier alpha value is -2.53. The van der Waals surface area contributed by atoms with Crippen LogP contribution < -0.4 is 16.4 Å². The number of imidazole rings is 1. The number of nitrogens with zero attached hydrogens (tertiary/aromatic N) is 4. The van der Waals surface area contributed by atoms with Crippen molar-refractivity contribution in [2.45, 2.75) is 50.9 Å². The van der Waals surface area contributed by atoms with Gasteiger partial charge in [0.2, 0.25) is 16.9 Å². The highest BCUT2D eigenvalue weighted by molar-refractivity contribution is 8.14. The topological polar surface area (TPSA) is 418 Å². The predicted octanol–water partition coefficient (Wildman–Crippen LogP) is -2.45. The Morgan fingerprint density at radius 2 is 1.73 bits per heavy atom. The SMILES string of the molecule is CC(C)(COP(=O)(O)OP(=O)(O)OC[C@H]1O[C@@H](n2cnc3c(N)ncnc32)[C@H](O)[C@@H]1OP(=O)(O)O)[C@@H](O)C(=O)NCCC(=O)NCCSC(=O)CS(=O)(=O)O. The number of nitrogen functional groups attached to an aromatic ring is 1. The van der Waals surface area contributed by atoms with E-state index in [9.17, 15) is 66.3 Å². The minimum Gasteiger partial charge on any atom is -0.386 e. The molecule has 27 nitrogen and oxygen atoms in total. The number of phosphoric acid groups is 3. The quantitative estimate of drug-likeness (QED) is 0.0353. The third-order valence-corrected chi connectivity index (χ3v) is 11.8. The van der Waals surface area contributed by atoms with Crippen LogP contribution in [0.4, 0.5) is 5.82 Å². The first kappa shape index (κ1) is 46.8. The van der Waals surface area contributed by atoms with Crippen LogP contribution >= 0.6 is 35.2 Å². The molecule has 0 saturated carbocycles. The van der Waals surface area contributed by atoms with Crippen molar-refractivity contribution in [2.75, 3.05) is 43.5 Å². The number of phosphoric ester groups is 3. The predicted molar refractivity (Wildman–Crippen MR) is 184 cm³/mol. The molecule has 11 N–H and O–H groups in total. The number of carbonyl (C=O) groups is 3. The largest absolute Gasteiger partial charge is 0.481 e. The van der Waals surface area contributed by atoms with Gasteiger partial charge in [-0.25, -0.2) is 28.6 Å². The maximum Gasteiger partial charge on any atom is 0.481 e. The number of nitrogens with one attached hydrogen (secondary N) is 2. The zero-order valence-electron chi connectivity index (χ0n) is 28.5. The molecule has 2 aromatic rings. The number of aliphatic hydroxyl groups is 2. The Balaban J connectivity index is 1.50. The number of carbonyl (C=O) groups excluding carboxylic acids is 3. The van der Waals surface area contributed by atoms with Gasteiger partial charge in [0.25, 0.3) is 10.1 Å². The van der Waals surface area contributed by atoms with Crippen molar-refractivity contribution in [1.29, 1.82) is 0 Å². The fraction of sp³-hybridized carbons (Fsp3) is 0.652. The van der Waals surface area contributed by atoms with Crippen molar-refractivity contribution in [2.24, 2.45) is 5.41 Å². The number of amides is 2. The molecule has 0 aliphatic carbocycles. The van der Waals surface area contributed by atoms with Crippen LogP contribution in [0, 0.1) is 5.41 Å². The molecule has 0 aromatic carbocycles. The number of rotatable bonds is 21. The van der Waals surface area contributed by atoms with Gasteiger partial charge in [0.1, 0.15) is 42.0 Å². The molecular weight excluding hydrogens is 851 g/mol. The van der Waals surface area contributed by atoms with Crippen molar-refractivity contribution in [3.05, 3.63) is 12.7 Å². The average molecular weight is 890 g/mol. The Morgan fingerprint density at radius 1 is 1.07 bits per heavy atom. The van der Waals surface area contributed by atoms with Gasteiger partial charge in [0.15, 0.2) is 17.7 Å². The van der Waals surface area contributed by atoms with Crippen LogP contribution in [-0.2, 0) is 60.8 Å². The van der Waals surface area contributed by atoms with Crippen LogP contribution in [0.2, 0.25) is 0 Å². The van der Waals surface area contributed by atoms with Crippen LogP contribution in [-0.4, -0.2) is 141 Å². The van der Waals surface area contributed by atoms with E-state index in [0.29, 0.717) is 11.8 Å². The van der Waals surface area contributed by atoms with Gasteiger partial charge in [0, 0.05) is 30.7 Å². The van der Waals surface area contributed by atoms with Crippen molar-refractivity contribution >= 4 is 79.3 Å². The second kappa shape index (κ2) is 18.8. The first-order valence-electron chi connectivity index (χ1n) is 15.2. The highest BCUT2D eigenvalue weighted by Crippen LogP contribution is 2.61. The molecule has 2 unspecified atom stereocenters. The van der Waals surface area contributed by atoms with Gasteiger partial charge in [-0.15, -0.1) is 0 Å². The number of ether oxygens (including phenoxy) is 1. The van der Waals surface area contributed by atoms with Crippen LogP contribution in [0.5, 0.6) is 0 Å². The van der Waals surface area contributed by atoms with Gasteiger partial charge in [-0.2, -0.15) is 12.7 Å². The van der Waals surface area contributed by atoms with Gasteiger partial charge in [-0.05, 0) is 0 Å². The molecule has 3 heterocycles. The maximum atomic E-state index is 12.6. The third-order valence-electron chi connectivity index (χ3n) is 7.07. The number of nitrogens with two attached hydrogens (primary N) is 1. The lowest BCUT2D eigenvalue weighted by Gasteiger charge is -2.30. The fourth-order valence-corrected chi connectivity index (χ4v) is 8.82. The van der Waals surface area contributed by atoms with E-state index in [1.807, 2.05) is 0 Å². The minimum atomic E-state index is -5.60. The Kier molecular flexibility index (Phi) is 16.0. The molecule has 1 fully saturated rings. The summed E-state index contributed by atoms with van der Waals surface area (Å²) in [5.74, 6) is -2.81. The summed E-state index contributed by atoms with van der Waals surface area (Å²) in [5, 5.41) is 25.1. The third kappa shape index (κ3) is 14.7. The number of hydrogen-bond donors (Lipinski definition) is 10. The highest BCUT2D eigenvalue weighted by atomic mass is 32.2. The summed E-state index contributed by atoms with van der Waals surface area (Å²) >= 11 is 0.558. The average Bonchev–Trinajstić information content (AvgIpc) is 3.60. The first-order valence-corrected chi connectivity index (χ1v) is 22.3. The molecule has 0 spiro atoms. The summed E-state index contributed by atoms with van der Waals surface area (Å²) < 4.78 is 91.8. The molecule has 7 atom stereocenters. The molecule has 1 aliphatic rings. The van der Waals surface area contributed by atoms with Gasteiger partial charge in [0.05, 0.1) is 19.5 Å². The van der Waals surface area contributed by atoms with E-state index in [1.54, 1.807) is 0 Å². The number of hydrogen-bond acceptors (Lipinski definition) is 20. The standard InChI is InChI=1S/C23H38N7O20P3S2/c1-23(2,18(34)21(35)26-4-3-13(31)25-5-6-54-14(32)8-55(43,44)45)9-47-53(41,42)50-52(39,40)46-7-12-17(49-51(36,37)38)16(33)22(48-12)30-11-29-15-19(24)27-10-28-20(15)30/h10-12,16-18,22,33-34H,3-9H2,1-2H3,(H,25,31)(H,26,35)(H,39,40)(H,41,42)(H2,24,27,28)(H2,36,37,38)(H,43,44,45)/t12-,16-,17-,18+,22-/m1/s1. The summed E-state index contributed by atoms with van der Waals surface area (Å²) in [5.41, 5.74) is 4.15. The number of aromatic nitrogens is 4. The fourth-order valence-electron chi connectivity index (χ4n) is 4.49. The zero-order chi connectivity index (χ0) is 41.6. The molecule has 32 heteroatoms. The van der Waals surface area contributed by atoms with E-state index in [1.165, 1.54) is 13.8 Å². The van der Waals surface area contributed by atoms with E-state index < -0.39 is 106 Å². The van der Waals surface area contributed by atoms with Crippen LogP contribution in [0.15, 0.2) is 12.7 Å². The summed E-state index contributed by atoms with van der Waals surface area (Å²) in [6.07, 6.45) is -7.23. The lowest BCUT2D eigenvalue weighted by atomic mass is 9.87. The van der Waals surface area contributed by atoms with Gasteiger partial charge in [-0.3, -0.25) is 37.1 Å². The van der Waals surface area contributed by atoms with E-state index in [4.69, 9.17) is 24.1 Å². The summed E-state index contributed by atoms with van der Waals surface area (Å²) in [6, 6.07) is 0. The molecule has 1 saturated heterocycles. The second-order valence-corrected chi connectivity index (χ2v) is 18.9. The first-order chi connectivity index (χ1) is 25.2. The highest BCUT2D eigenvalue weighted by Gasteiger charge is 2.50. The molecule has 2 amide bonds. The monoisotopic (exact) mass is 889 g/mol. The molecule has 55 heavy (non-hydrogen) atoms. The number of thioether (sulfide) groups is 1. The molecular formula is C23H38N7O20P3S2. The van der Waals surface area contributed by atoms with Crippen LogP contribution in [0.3, 0.4) is 0 Å². The van der Waals surface area contributed by atoms with E-state index in [2.05, 4.69) is 34.4 Å². The van der Waals surface area contributed by atoms with Gasteiger partial charge in [-0.1, -0.05) is 25.6 Å². The number of aliphatic hydroxyl groups excluding tert-OH is 2. The number of anilines is 1. The van der Waals surface area contributed by atoms with Crippen LogP contribution in [0.25, 0.3) is 11.2 Å². The van der Waals surface area contributed by atoms with Gasteiger partial charge >= 0.3 is 23.5 Å². The van der Waals surface area contributed by atoms with Crippen LogP contribution in [0.1, 0.15) is 26.5 Å². The summed E-state index contributed by atoms with van der Waals surface area (Å²) in [7, 11) is -21.0. The molecule has 3 rings (SSSR count). The molecule has 312 valence electrons. The maximum absolute atomic E-state index is 12.6. The van der Waals surface area contributed by atoms with E-state index in [0.717, 1.165) is 17.2 Å². The molecule has 1 aliphatic heterocycles. The van der Waals surface area contributed by atoms with E-state index >= 15 is 0 Å². The van der Waals surface area contributed by atoms with Crippen molar-refractivity contribution < 1.29 is 93.5 Å².